The minimum absolute atomic E-state index is 0.348. The average molecular weight is 348 g/mol. The van der Waals surface area contributed by atoms with Crippen LogP contribution in [0.15, 0.2) is 72.8 Å². The Kier molecular flexibility index (Phi) is 5.88. The lowest BCUT2D eigenvalue weighted by Crippen LogP contribution is -2.04. The van der Waals surface area contributed by atoms with E-state index in [9.17, 15) is 4.79 Å². The van der Waals surface area contributed by atoms with Crippen LogP contribution in [-0.4, -0.2) is 13.4 Å². The van der Waals surface area contributed by atoms with Gasteiger partial charge in [0, 0.05) is 0 Å². The Balaban J connectivity index is 1.85. The molecule has 0 N–H and O–H groups in total. The summed E-state index contributed by atoms with van der Waals surface area (Å²) >= 11 is 0. The molecule has 4 heteroatoms. The first-order valence-electron chi connectivity index (χ1n) is 8.31. The molecule has 0 atom stereocenters. The summed E-state index contributed by atoms with van der Waals surface area (Å²) in [6.45, 7) is 0.743. The Labute approximate surface area is 153 Å². The number of ether oxygens (including phenoxy) is 3. The molecule has 0 aliphatic carbocycles. The number of carbonyl (C=O) groups is 1. The second kappa shape index (κ2) is 8.72. The highest BCUT2D eigenvalue weighted by Gasteiger charge is 2.17. The Hall–Kier alpha value is -3.27. The molecule has 26 heavy (non-hydrogen) atoms. The van der Waals surface area contributed by atoms with Gasteiger partial charge >= 0.3 is 0 Å². The molecule has 3 rings (SSSR count). The number of benzene rings is 3. The SMILES string of the molecule is COc1c(C=O)ccc(OCc2ccccc2)c1OCc1ccccc1. The summed E-state index contributed by atoms with van der Waals surface area (Å²) < 4.78 is 17.3. The number of aldehydes is 1. The van der Waals surface area contributed by atoms with Gasteiger partial charge in [-0.1, -0.05) is 60.7 Å². The third kappa shape index (κ3) is 4.22. The van der Waals surface area contributed by atoms with E-state index in [1.165, 1.54) is 7.11 Å². The molecular weight excluding hydrogens is 328 g/mol. The van der Waals surface area contributed by atoms with E-state index < -0.39 is 0 Å². The van der Waals surface area contributed by atoms with Crippen LogP contribution in [0.25, 0.3) is 0 Å². The molecule has 0 spiro atoms. The number of hydrogen-bond donors (Lipinski definition) is 0. The van der Waals surface area contributed by atoms with Gasteiger partial charge in [-0.05, 0) is 23.3 Å². The first-order valence-corrected chi connectivity index (χ1v) is 8.31. The lowest BCUT2D eigenvalue weighted by molar-refractivity contribution is 0.111. The smallest absolute Gasteiger partial charge is 0.204 e. The van der Waals surface area contributed by atoms with Crippen molar-refractivity contribution in [1.29, 1.82) is 0 Å². The van der Waals surface area contributed by atoms with Gasteiger partial charge in [-0.25, -0.2) is 0 Å². The van der Waals surface area contributed by atoms with Gasteiger partial charge in [-0.2, -0.15) is 0 Å². The quantitative estimate of drug-likeness (QED) is 0.555. The second-order valence-corrected chi connectivity index (χ2v) is 5.68. The fourth-order valence-electron chi connectivity index (χ4n) is 2.58. The molecule has 0 aliphatic heterocycles. The van der Waals surface area contributed by atoms with Crippen molar-refractivity contribution in [1.82, 2.24) is 0 Å². The maximum atomic E-state index is 11.3. The van der Waals surface area contributed by atoms with Crippen molar-refractivity contribution in [3.05, 3.63) is 89.5 Å². The van der Waals surface area contributed by atoms with Gasteiger partial charge in [0.2, 0.25) is 5.75 Å². The molecular formula is C22H20O4. The molecule has 132 valence electrons. The third-order valence-electron chi connectivity index (χ3n) is 3.90. The van der Waals surface area contributed by atoms with Crippen LogP contribution >= 0.6 is 0 Å². The van der Waals surface area contributed by atoms with E-state index in [4.69, 9.17) is 14.2 Å². The predicted molar refractivity (Wildman–Crippen MR) is 99.9 cm³/mol. The minimum Gasteiger partial charge on any atom is -0.492 e. The van der Waals surface area contributed by atoms with Crippen LogP contribution in [0, 0.1) is 0 Å². The van der Waals surface area contributed by atoms with Crippen LogP contribution in [0.5, 0.6) is 17.2 Å². The largest absolute Gasteiger partial charge is 0.492 e. The van der Waals surface area contributed by atoms with Crippen molar-refractivity contribution < 1.29 is 19.0 Å². The lowest BCUT2D eigenvalue weighted by Gasteiger charge is -2.17. The van der Waals surface area contributed by atoms with Crippen molar-refractivity contribution in [2.24, 2.45) is 0 Å². The molecule has 0 saturated carbocycles. The van der Waals surface area contributed by atoms with E-state index >= 15 is 0 Å². The molecule has 0 heterocycles. The van der Waals surface area contributed by atoms with Crippen molar-refractivity contribution in [3.63, 3.8) is 0 Å². The van der Waals surface area contributed by atoms with E-state index in [-0.39, 0.29) is 0 Å². The number of carbonyl (C=O) groups excluding carboxylic acids is 1. The van der Waals surface area contributed by atoms with E-state index in [0.717, 1.165) is 17.4 Å². The van der Waals surface area contributed by atoms with Crippen molar-refractivity contribution in [3.8, 4) is 17.2 Å². The summed E-state index contributed by atoms with van der Waals surface area (Å²) in [7, 11) is 1.51. The fourth-order valence-corrected chi connectivity index (χ4v) is 2.58. The maximum Gasteiger partial charge on any atom is 0.204 e. The zero-order valence-corrected chi connectivity index (χ0v) is 14.6. The van der Waals surface area contributed by atoms with Gasteiger partial charge in [0.05, 0.1) is 12.7 Å². The molecule has 0 fully saturated rings. The van der Waals surface area contributed by atoms with Gasteiger partial charge in [0.25, 0.3) is 0 Å². The molecule has 0 amide bonds. The predicted octanol–water partition coefficient (Wildman–Crippen LogP) is 4.67. The summed E-state index contributed by atoms with van der Waals surface area (Å²) in [4.78, 5) is 11.3. The molecule has 0 bridgehead atoms. The molecule has 0 saturated heterocycles. The monoisotopic (exact) mass is 348 g/mol. The van der Waals surface area contributed by atoms with Crippen LogP contribution in [0.4, 0.5) is 0 Å². The molecule has 0 aromatic heterocycles. The summed E-state index contributed by atoms with van der Waals surface area (Å²) in [6.07, 6.45) is 0.745. The fraction of sp³-hybridized carbons (Fsp3) is 0.136. The van der Waals surface area contributed by atoms with Gasteiger partial charge < -0.3 is 14.2 Å². The summed E-state index contributed by atoms with van der Waals surface area (Å²) in [5.74, 6) is 1.34. The number of rotatable bonds is 8. The zero-order chi connectivity index (χ0) is 18.2. The van der Waals surface area contributed by atoms with Crippen molar-refractivity contribution >= 4 is 6.29 Å². The third-order valence-corrected chi connectivity index (χ3v) is 3.90. The van der Waals surface area contributed by atoms with Gasteiger partial charge in [-0.15, -0.1) is 0 Å². The summed E-state index contributed by atoms with van der Waals surface area (Å²) in [6, 6.07) is 23.0. The average Bonchev–Trinajstić information content (AvgIpc) is 2.71. The molecule has 0 aliphatic rings. The van der Waals surface area contributed by atoms with Gasteiger partial charge in [0.15, 0.2) is 17.8 Å². The van der Waals surface area contributed by atoms with E-state index in [1.54, 1.807) is 12.1 Å². The van der Waals surface area contributed by atoms with E-state index in [1.807, 2.05) is 60.7 Å². The Morgan fingerprint density at radius 2 is 1.31 bits per heavy atom. The van der Waals surface area contributed by atoms with Gasteiger partial charge in [0.1, 0.15) is 13.2 Å². The Bertz CT molecular complexity index is 845. The standard InChI is InChI=1S/C22H20O4/c1-24-21-19(14-23)12-13-20(25-15-17-8-4-2-5-9-17)22(21)26-16-18-10-6-3-7-11-18/h2-14H,15-16H2,1H3. The van der Waals surface area contributed by atoms with Crippen molar-refractivity contribution in [2.75, 3.05) is 7.11 Å². The topological polar surface area (TPSA) is 44.8 Å². The van der Waals surface area contributed by atoms with Crippen LogP contribution in [0.3, 0.4) is 0 Å². The summed E-state index contributed by atoms with van der Waals surface area (Å²) in [5, 5.41) is 0. The number of hydrogen-bond acceptors (Lipinski definition) is 4. The van der Waals surface area contributed by atoms with Crippen LogP contribution in [-0.2, 0) is 13.2 Å². The summed E-state index contributed by atoms with van der Waals surface area (Å²) in [5.41, 5.74) is 2.47. The Morgan fingerprint density at radius 1 is 0.731 bits per heavy atom. The lowest BCUT2D eigenvalue weighted by atomic mass is 10.2. The first kappa shape index (κ1) is 17.5. The maximum absolute atomic E-state index is 11.3. The van der Waals surface area contributed by atoms with E-state index in [2.05, 4.69) is 0 Å². The highest BCUT2D eigenvalue weighted by Crippen LogP contribution is 2.40. The zero-order valence-electron chi connectivity index (χ0n) is 14.6. The van der Waals surface area contributed by atoms with Crippen molar-refractivity contribution in [2.45, 2.75) is 13.2 Å². The highest BCUT2D eigenvalue weighted by atomic mass is 16.5. The van der Waals surface area contributed by atoms with Crippen LogP contribution in [0.1, 0.15) is 21.5 Å². The molecule has 0 unspecified atom stereocenters. The molecule has 4 nitrogen and oxygen atoms in total. The van der Waals surface area contributed by atoms with E-state index in [0.29, 0.717) is 36.0 Å². The second-order valence-electron chi connectivity index (χ2n) is 5.68. The number of methoxy groups -OCH3 is 1. The normalized spacial score (nSPS) is 10.2. The molecule has 0 radical (unpaired) electrons. The molecule has 3 aromatic rings. The van der Waals surface area contributed by atoms with Crippen LogP contribution in [0.2, 0.25) is 0 Å². The minimum atomic E-state index is 0.348. The van der Waals surface area contributed by atoms with Gasteiger partial charge in [-0.3, -0.25) is 4.79 Å². The molecule has 3 aromatic carbocycles. The van der Waals surface area contributed by atoms with Crippen LogP contribution < -0.4 is 14.2 Å². The highest BCUT2D eigenvalue weighted by molar-refractivity contribution is 5.82. The first-order chi connectivity index (χ1) is 12.8. The Morgan fingerprint density at radius 3 is 1.85 bits per heavy atom.